The van der Waals surface area contributed by atoms with Crippen LogP contribution in [0, 0.1) is 6.92 Å². The van der Waals surface area contributed by atoms with E-state index in [1.165, 1.54) is 4.70 Å². The Hall–Kier alpha value is -1.64. The number of halogens is 1. The van der Waals surface area contributed by atoms with Gasteiger partial charge < -0.3 is 0 Å². The Labute approximate surface area is 126 Å². The largest absolute Gasteiger partial charge is 0.294 e. The van der Waals surface area contributed by atoms with E-state index in [1.54, 1.807) is 17.4 Å². The molecule has 3 rings (SSSR count). The molecule has 0 N–H and O–H groups in total. The molecule has 0 saturated carbocycles. The maximum Gasteiger partial charge on any atom is 0.168 e. The highest BCUT2D eigenvalue weighted by Crippen LogP contribution is 2.28. The predicted molar refractivity (Wildman–Crippen MR) is 86.0 cm³/mol. The second-order valence-electron chi connectivity index (χ2n) is 4.79. The molecule has 3 heteroatoms. The van der Waals surface area contributed by atoms with Crippen LogP contribution in [0.1, 0.15) is 21.5 Å². The van der Waals surface area contributed by atoms with Crippen molar-refractivity contribution in [1.82, 2.24) is 0 Å². The third kappa shape index (κ3) is 2.37. The van der Waals surface area contributed by atoms with E-state index in [-0.39, 0.29) is 5.78 Å². The SMILES string of the molecule is Cc1cccc(C(=O)Cc2csc3ccccc23)c1Cl. The third-order valence-electron chi connectivity index (χ3n) is 3.40. The monoisotopic (exact) mass is 300 g/mol. The van der Waals surface area contributed by atoms with Crippen molar-refractivity contribution in [2.45, 2.75) is 13.3 Å². The van der Waals surface area contributed by atoms with Crippen LogP contribution in [0.3, 0.4) is 0 Å². The van der Waals surface area contributed by atoms with Gasteiger partial charge in [0, 0.05) is 16.7 Å². The maximum atomic E-state index is 12.4. The van der Waals surface area contributed by atoms with Crippen molar-refractivity contribution in [3.8, 4) is 0 Å². The number of carbonyl (C=O) groups is 1. The normalized spacial score (nSPS) is 10.9. The third-order valence-corrected chi connectivity index (χ3v) is 4.92. The number of aryl methyl sites for hydroxylation is 1. The Morgan fingerprint density at radius 1 is 1.15 bits per heavy atom. The minimum Gasteiger partial charge on any atom is -0.294 e. The number of Topliss-reactive ketones (excluding diaryl/α,β-unsaturated/α-hetero) is 1. The molecule has 1 nitrogen and oxygen atoms in total. The van der Waals surface area contributed by atoms with Gasteiger partial charge in [-0.05, 0) is 40.9 Å². The van der Waals surface area contributed by atoms with Crippen molar-refractivity contribution in [2.75, 3.05) is 0 Å². The number of rotatable bonds is 3. The number of hydrogen-bond donors (Lipinski definition) is 0. The van der Waals surface area contributed by atoms with Crippen LogP contribution in [-0.2, 0) is 6.42 Å². The first-order valence-electron chi connectivity index (χ1n) is 6.40. The van der Waals surface area contributed by atoms with Crippen molar-refractivity contribution in [1.29, 1.82) is 0 Å². The van der Waals surface area contributed by atoms with E-state index in [0.717, 1.165) is 16.5 Å². The molecule has 0 fully saturated rings. The fourth-order valence-corrected chi connectivity index (χ4v) is 3.49. The summed E-state index contributed by atoms with van der Waals surface area (Å²) in [5.41, 5.74) is 2.63. The zero-order valence-corrected chi connectivity index (χ0v) is 12.6. The first kappa shape index (κ1) is 13.3. The molecule has 0 aliphatic carbocycles. The van der Waals surface area contributed by atoms with Crippen LogP contribution in [0.15, 0.2) is 47.8 Å². The van der Waals surface area contributed by atoms with Gasteiger partial charge >= 0.3 is 0 Å². The van der Waals surface area contributed by atoms with E-state index < -0.39 is 0 Å². The number of fused-ring (bicyclic) bond motifs is 1. The summed E-state index contributed by atoms with van der Waals surface area (Å²) in [6, 6.07) is 13.7. The van der Waals surface area contributed by atoms with Crippen LogP contribution in [0.5, 0.6) is 0 Å². The standard InChI is InChI=1S/C17H13ClOS/c1-11-5-4-7-14(17(11)18)15(19)9-12-10-20-16-8-3-2-6-13(12)16/h2-8,10H,9H2,1H3. The topological polar surface area (TPSA) is 17.1 Å². The average Bonchev–Trinajstić information content (AvgIpc) is 2.85. The minimum atomic E-state index is 0.0715. The van der Waals surface area contributed by atoms with E-state index in [2.05, 4.69) is 17.5 Å². The molecular weight excluding hydrogens is 288 g/mol. The molecule has 0 bridgehead atoms. The van der Waals surface area contributed by atoms with E-state index in [1.807, 2.05) is 31.2 Å². The lowest BCUT2D eigenvalue weighted by Gasteiger charge is -2.05. The van der Waals surface area contributed by atoms with Gasteiger partial charge in [-0.2, -0.15) is 0 Å². The summed E-state index contributed by atoms with van der Waals surface area (Å²) in [5.74, 6) is 0.0715. The molecule has 2 aromatic carbocycles. The lowest BCUT2D eigenvalue weighted by molar-refractivity contribution is 0.0993. The summed E-state index contributed by atoms with van der Waals surface area (Å²) in [6.07, 6.45) is 0.396. The van der Waals surface area contributed by atoms with Crippen molar-refractivity contribution in [3.05, 3.63) is 69.6 Å². The zero-order valence-electron chi connectivity index (χ0n) is 11.0. The zero-order chi connectivity index (χ0) is 14.1. The van der Waals surface area contributed by atoms with Gasteiger partial charge in [-0.25, -0.2) is 0 Å². The van der Waals surface area contributed by atoms with Gasteiger partial charge in [-0.1, -0.05) is 41.9 Å². The van der Waals surface area contributed by atoms with Gasteiger partial charge in [-0.15, -0.1) is 11.3 Å². The van der Waals surface area contributed by atoms with Crippen molar-refractivity contribution >= 4 is 38.8 Å². The van der Waals surface area contributed by atoms with E-state index in [9.17, 15) is 4.79 Å². The van der Waals surface area contributed by atoms with Crippen molar-refractivity contribution < 1.29 is 4.79 Å². The van der Waals surface area contributed by atoms with E-state index in [4.69, 9.17) is 11.6 Å². The molecular formula is C17H13ClOS. The second-order valence-corrected chi connectivity index (χ2v) is 6.08. The highest BCUT2D eigenvalue weighted by Gasteiger charge is 2.14. The lowest BCUT2D eigenvalue weighted by atomic mass is 10.0. The van der Waals surface area contributed by atoms with Crippen LogP contribution in [0.25, 0.3) is 10.1 Å². The van der Waals surface area contributed by atoms with Crippen LogP contribution in [0.2, 0.25) is 5.02 Å². The van der Waals surface area contributed by atoms with E-state index in [0.29, 0.717) is 17.0 Å². The molecule has 0 spiro atoms. The summed E-state index contributed by atoms with van der Waals surface area (Å²) in [6.45, 7) is 1.92. The molecule has 0 saturated heterocycles. The molecule has 0 atom stereocenters. The summed E-state index contributed by atoms with van der Waals surface area (Å²) in [4.78, 5) is 12.4. The molecule has 1 heterocycles. The van der Waals surface area contributed by atoms with Crippen molar-refractivity contribution in [2.24, 2.45) is 0 Å². The summed E-state index contributed by atoms with van der Waals surface area (Å²) < 4.78 is 1.21. The number of carbonyl (C=O) groups excluding carboxylic acids is 1. The Bertz CT molecular complexity index is 789. The van der Waals surface area contributed by atoms with Crippen LogP contribution in [0.4, 0.5) is 0 Å². The summed E-state index contributed by atoms with van der Waals surface area (Å²) in [7, 11) is 0. The van der Waals surface area contributed by atoms with Crippen LogP contribution in [-0.4, -0.2) is 5.78 Å². The highest BCUT2D eigenvalue weighted by molar-refractivity contribution is 7.17. The van der Waals surface area contributed by atoms with E-state index >= 15 is 0 Å². The Balaban J connectivity index is 1.95. The Morgan fingerprint density at radius 2 is 1.95 bits per heavy atom. The molecule has 3 aromatic rings. The van der Waals surface area contributed by atoms with Crippen LogP contribution >= 0.6 is 22.9 Å². The molecule has 0 amide bonds. The number of ketones is 1. The summed E-state index contributed by atoms with van der Waals surface area (Å²) >= 11 is 7.90. The molecule has 0 unspecified atom stereocenters. The smallest absolute Gasteiger partial charge is 0.168 e. The van der Waals surface area contributed by atoms with Gasteiger partial charge in [0.25, 0.3) is 0 Å². The summed E-state index contributed by atoms with van der Waals surface area (Å²) in [5, 5.41) is 3.79. The molecule has 0 radical (unpaired) electrons. The fourth-order valence-electron chi connectivity index (χ4n) is 2.30. The first-order chi connectivity index (χ1) is 9.66. The molecule has 100 valence electrons. The molecule has 20 heavy (non-hydrogen) atoms. The molecule has 1 aromatic heterocycles. The quantitative estimate of drug-likeness (QED) is 0.601. The Morgan fingerprint density at radius 3 is 2.80 bits per heavy atom. The second kappa shape index (κ2) is 5.39. The number of hydrogen-bond acceptors (Lipinski definition) is 2. The minimum absolute atomic E-state index is 0.0715. The van der Waals surface area contributed by atoms with Crippen molar-refractivity contribution in [3.63, 3.8) is 0 Å². The van der Waals surface area contributed by atoms with Gasteiger partial charge in [0.1, 0.15) is 0 Å². The number of benzene rings is 2. The fraction of sp³-hybridized carbons (Fsp3) is 0.118. The van der Waals surface area contributed by atoms with Crippen LogP contribution < -0.4 is 0 Å². The van der Waals surface area contributed by atoms with Gasteiger partial charge in [0.2, 0.25) is 0 Å². The molecule has 0 aliphatic heterocycles. The first-order valence-corrected chi connectivity index (χ1v) is 7.66. The van der Waals surface area contributed by atoms with Gasteiger partial charge in [0.05, 0.1) is 5.02 Å². The maximum absolute atomic E-state index is 12.4. The number of thiophene rings is 1. The van der Waals surface area contributed by atoms with Gasteiger partial charge in [0.15, 0.2) is 5.78 Å². The molecule has 0 aliphatic rings. The lowest BCUT2D eigenvalue weighted by Crippen LogP contribution is -2.04. The van der Waals surface area contributed by atoms with Gasteiger partial charge in [-0.3, -0.25) is 4.79 Å². The Kier molecular flexibility index (Phi) is 3.60. The average molecular weight is 301 g/mol. The highest BCUT2D eigenvalue weighted by atomic mass is 35.5. The predicted octanol–water partition coefficient (Wildman–Crippen LogP) is 5.29.